The van der Waals surface area contributed by atoms with Crippen molar-refractivity contribution in [3.63, 3.8) is 0 Å². The minimum Gasteiger partial charge on any atom is -0.327 e. The van der Waals surface area contributed by atoms with E-state index >= 15 is 0 Å². The Kier molecular flexibility index (Phi) is 3.63. The second kappa shape index (κ2) is 5.38. The van der Waals surface area contributed by atoms with Crippen LogP contribution in [0, 0.1) is 0 Å². The molecule has 0 spiro atoms. The van der Waals surface area contributed by atoms with E-state index < -0.39 is 18.6 Å². The first-order valence-electron chi connectivity index (χ1n) is 6.52. The fourth-order valence-electron chi connectivity index (χ4n) is 2.44. The average Bonchev–Trinajstić information content (AvgIpc) is 2.57. The van der Waals surface area contributed by atoms with Gasteiger partial charge in [-0.05, 0) is 23.7 Å². The number of rotatable bonds is 1. The lowest BCUT2D eigenvalue weighted by molar-refractivity contribution is -0.118. The van der Waals surface area contributed by atoms with E-state index in [0.29, 0.717) is 10.6 Å². The third-order valence-electron chi connectivity index (χ3n) is 3.41. The molecule has 2 heterocycles. The number of alkyl halides is 3. The molecule has 120 valence electrons. The fourth-order valence-corrected chi connectivity index (χ4v) is 2.56. The normalized spacial score (nSPS) is 14.4. The maximum Gasteiger partial charge on any atom is 0.406 e. The van der Waals surface area contributed by atoms with Gasteiger partial charge in [0.25, 0.3) is 5.91 Å². The van der Waals surface area contributed by atoms with E-state index in [2.05, 4.69) is 9.97 Å². The molecule has 23 heavy (non-hydrogen) atoms. The van der Waals surface area contributed by atoms with Crippen molar-refractivity contribution in [2.24, 2.45) is 0 Å². The van der Waals surface area contributed by atoms with Crippen LogP contribution in [0.4, 0.5) is 30.4 Å². The summed E-state index contributed by atoms with van der Waals surface area (Å²) in [6.45, 7) is -1.44. The zero-order chi connectivity index (χ0) is 16.8. The number of benzene rings is 1. The molecular formula is C14H10ClF3N4O. The Labute approximate surface area is 134 Å². The van der Waals surface area contributed by atoms with Crippen LogP contribution >= 0.6 is 11.6 Å². The molecule has 0 fully saturated rings. The molecule has 1 amide bonds. The summed E-state index contributed by atoms with van der Waals surface area (Å²) < 4.78 is 38.8. The van der Waals surface area contributed by atoms with Crippen LogP contribution in [0.25, 0.3) is 0 Å². The van der Waals surface area contributed by atoms with Crippen LogP contribution in [-0.4, -0.2) is 35.6 Å². The number of para-hydroxylation sites is 1. The molecule has 9 heteroatoms. The van der Waals surface area contributed by atoms with E-state index in [1.807, 2.05) is 0 Å². The predicted molar refractivity (Wildman–Crippen MR) is 79.3 cm³/mol. The van der Waals surface area contributed by atoms with Crippen molar-refractivity contribution in [1.29, 1.82) is 0 Å². The minimum absolute atomic E-state index is 0.0459. The van der Waals surface area contributed by atoms with Gasteiger partial charge in [0, 0.05) is 7.05 Å². The lowest BCUT2D eigenvalue weighted by Crippen LogP contribution is -2.39. The largest absolute Gasteiger partial charge is 0.406 e. The molecule has 0 unspecified atom stereocenters. The molecule has 1 aromatic carbocycles. The van der Waals surface area contributed by atoms with Gasteiger partial charge in [-0.15, -0.1) is 0 Å². The van der Waals surface area contributed by atoms with Crippen LogP contribution in [0.2, 0.25) is 5.28 Å². The molecule has 0 radical (unpaired) electrons. The van der Waals surface area contributed by atoms with Crippen LogP contribution in [0.5, 0.6) is 0 Å². The molecule has 2 aromatic rings. The van der Waals surface area contributed by atoms with E-state index in [1.165, 1.54) is 11.0 Å². The number of amides is 1. The fraction of sp³-hybridized carbons (Fsp3) is 0.214. The van der Waals surface area contributed by atoms with Crippen molar-refractivity contribution in [1.82, 2.24) is 9.97 Å². The van der Waals surface area contributed by atoms with E-state index in [0.717, 1.165) is 6.20 Å². The number of aromatic nitrogens is 2. The highest BCUT2D eigenvalue weighted by molar-refractivity contribution is 6.28. The third-order valence-corrected chi connectivity index (χ3v) is 3.59. The molecule has 3 rings (SSSR count). The first-order chi connectivity index (χ1) is 10.8. The maximum atomic E-state index is 12.9. The van der Waals surface area contributed by atoms with Crippen LogP contribution in [-0.2, 0) is 0 Å². The van der Waals surface area contributed by atoms with Crippen molar-refractivity contribution in [3.8, 4) is 0 Å². The van der Waals surface area contributed by atoms with Crippen LogP contribution in [0.1, 0.15) is 10.4 Å². The summed E-state index contributed by atoms with van der Waals surface area (Å²) >= 11 is 5.76. The summed E-state index contributed by atoms with van der Waals surface area (Å²) in [7, 11) is 1.60. The van der Waals surface area contributed by atoms with Crippen molar-refractivity contribution < 1.29 is 18.0 Å². The maximum absolute atomic E-state index is 12.9. The molecule has 1 aliphatic heterocycles. The highest BCUT2D eigenvalue weighted by atomic mass is 35.5. The standard InChI is InChI=1S/C14H10ClF3N4O/c1-21-9-5-3-2-4-8(9)12(23)22(7-14(16,17)18)10-6-19-13(15)20-11(10)21/h2-6H,7H2,1H3. The molecule has 5 nitrogen and oxygen atoms in total. The number of carbonyl (C=O) groups is 1. The van der Waals surface area contributed by atoms with Crippen molar-refractivity contribution >= 4 is 34.7 Å². The molecule has 1 aromatic heterocycles. The zero-order valence-electron chi connectivity index (χ0n) is 11.8. The molecule has 0 bridgehead atoms. The number of fused-ring (bicyclic) bond motifs is 2. The first kappa shape index (κ1) is 15.5. The van der Waals surface area contributed by atoms with Gasteiger partial charge in [0.1, 0.15) is 12.2 Å². The van der Waals surface area contributed by atoms with Crippen LogP contribution in [0.15, 0.2) is 30.5 Å². The number of nitrogens with zero attached hydrogens (tertiary/aromatic N) is 4. The Morgan fingerprint density at radius 3 is 2.61 bits per heavy atom. The van der Waals surface area contributed by atoms with Gasteiger partial charge in [-0.3, -0.25) is 9.69 Å². The highest BCUT2D eigenvalue weighted by Gasteiger charge is 2.38. The topological polar surface area (TPSA) is 49.3 Å². The lowest BCUT2D eigenvalue weighted by Gasteiger charge is -2.24. The molecule has 1 aliphatic rings. The zero-order valence-corrected chi connectivity index (χ0v) is 12.6. The average molecular weight is 343 g/mol. The summed E-state index contributed by atoms with van der Waals surface area (Å²) in [5.74, 6) is -0.637. The van der Waals surface area contributed by atoms with Crippen molar-refractivity contribution in [2.45, 2.75) is 6.18 Å². The van der Waals surface area contributed by atoms with Gasteiger partial charge in [0.05, 0.1) is 17.4 Å². The van der Waals surface area contributed by atoms with Crippen LogP contribution < -0.4 is 9.80 Å². The smallest absolute Gasteiger partial charge is 0.327 e. The molecule has 0 N–H and O–H groups in total. The van der Waals surface area contributed by atoms with Gasteiger partial charge in [-0.25, -0.2) is 4.98 Å². The van der Waals surface area contributed by atoms with Crippen molar-refractivity contribution in [2.75, 3.05) is 23.4 Å². The minimum atomic E-state index is -4.57. The molecule has 0 saturated carbocycles. The summed E-state index contributed by atoms with van der Waals surface area (Å²) in [6, 6.07) is 6.37. The van der Waals surface area contributed by atoms with E-state index in [-0.39, 0.29) is 22.4 Å². The Balaban J connectivity index is 2.25. The van der Waals surface area contributed by atoms with E-state index in [1.54, 1.807) is 25.2 Å². The van der Waals surface area contributed by atoms with Gasteiger partial charge >= 0.3 is 6.18 Å². The summed E-state index contributed by atoms with van der Waals surface area (Å²) in [5, 5.41) is -0.116. The number of halogens is 4. The van der Waals surface area contributed by atoms with Crippen molar-refractivity contribution in [3.05, 3.63) is 41.3 Å². The van der Waals surface area contributed by atoms with Gasteiger partial charge in [-0.2, -0.15) is 18.2 Å². The van der Waals surface area contributed by atoms with Gasteiger partial charge < -0.3 is 4.90 Å². The molecule has 0 atom stereocenters. The highest BCUT2D eigenvalue weighted by Crippen LogP contribution is 2.39. The molecule has 0 saturated heterocycles. The second-order valence-electron chi connectivity index (χ2n) is 4.93. The summed E-state index contributed by atoms with van der Waals surface area (Å²) in [6.07, 6.45) is -3.44. The number of hydrogen-bond acceptors (Lipinski definition) is 4. The molecular weight excluding hydrogens is 333 g/mol. The summed E-state index contributed by atoms with van der Waals surface area (Å²) in [5.41, 5.74) is 0.544. The van der Waals surface area contributed by atoms with Gasteiger partial charge in [-0.1, -0.05) is 12.1 Å². The SMILES string of the molecule is CN1c2ccccc2C(=O)N(CC(F)(F)F)c2cnc(Cl)nc21. The number of anilines is 3. The van der Waals surface area contributed by atoms with Crippen LogP contribution in [0.3, 0.4) is 0 Å². The summed E-state index contributed by atoms with van der Waals surface area (Å²) in [4.78, 5) is 22.5. The van der Waals surface area contributed by atoms with Gasteiger partial charge in [0.15, 0.2) is 5.82 Å². The Hall–Kier alpha value is -2.35. The van der Waals surface area contributed by atoms with E-state index in [9.17, 15) is 18.0 Å². The Bertz CT molecular complexity index is 781. The first-order valence-corrected chi connectivity index (χ1v) is 6.89. The Morgan fingerprint density at radius 2 is 1.91 bits per heavy atom. The van der Waals surface area contributed by atoms with Gasteiger partial charge in [0.2, 0.25) is 5.28 Å². The predicted octanol–water partition coefficient (Wildman–Crippen LogP) is 3.42. The number of hydrogen-bond donors (Lipinski definition) is 0. The number of carbonyl (C=O) groups excluding carboxylic acids is 1. The Morgan fingerprint density at radius 1 is 1.22 bits per heavy atom. The quantitative estimate of drug-likeness (QED) is 0.745. The van der Waals surface area contributed by atoms with E-state index in [4.69, 9.17) is 11.6 Å². The third kappa shape index (κ3) is 2.81. The monoisotopic (exact) mass is 342 g/mol. The molecule has 0 aliphatic carbocycles. The second-order valence-corrected chi connectivity index (χ2v) is 5.27. The lowest BCUT2D eigenvalue weighted by atomic mass is 10.1.